The van der Waals surface area contributed by atoms with Gasteiger partial charge in [-0.05, 0) is 55.3 Å². The monoisotopic (exact) mass is 475 g/mol. The van der Waals surface area contributed by atoms with Crippen LogP contribution >= 0.6 is 0 Å². The van der Waals surface area contributed by atoms with Gasteiger partial charge < -0.3 is 9.32 Å². The molecule has 0 saturated carbocycles. The van der Waals surface area contributed by atoms with E-state index in [0.29, 0.717) is 13.1 Å². The molecule has 1 fully saturated rings. The molecule has 2 aromatic carbocycles. The number of para-hydroxylation sites is 3. The first-order chi connectivity index (χ1) is 17.7. The van der Waals surface area contributed by atoms with Crippen molar-refractivity contribution in [2.75, 3.05) is 13.1 Å². The second kappa shape index (κ2) is 9.62. The van der Waals surface area contributed by atoms with E-state index >= 15 is 0 Å². The number of benzene rings is 2. The van der Waals surface area contributed by atoms with E-state index in [0.717, 1.165) is 52.3 Å². The van der Waals surface area contributed by atoms with Gasteiger partial charge in [0.05, 0.1) is 5.69 Å². The van der Waals surface area contributed by atoms with E-state index in [1.807, 2.05) is 88.6 Å². The SMILES string of the molecule is O=C(/C=C/c1cn(-c2ccccc2)nc1-c1cccnc1)N1CCC(c2nc3ccccc3o2)CC1. The molecule has 4 heterocycles. The molecule has 1 saturated heterocycles. The number of hydrogen-bond donors (Lipinski definition) is 0. The summed E-state index contributed by atoms with van der Waals surface area (Å²) in [5.74, 6) is 0.996. The lowest BCUT2D eigenvalue weighted by atomic mass is 9.96. The molecule has 6 rings (SSSR count). The number of aromatic nitrogens is 4. The molecule has 5 aromatic rings. The maximum atomic E-state index is 13.0. The van der Waals surface area contributed by atoms with E-state index in [2.05, 4.69) is 9.97 Å². The third-order valence-corrected chi connectivity index (χ3v) is 6.57. The van der Waals surface area contributed by atoms with E-state index in [1.54, 1.807) is 18.5 Å². The first-order valence-corrected chi connectivity index (χ1v) is 12.1. The highest BCUT2D eigenvalue weighted by Gasteiger charge is 2.26. The average Bonchev–Trinajstić information content (AvgIpc) is 3.58. The van der Waals surface area contributed by atoms with Gasteiger partial charge in [0.1, 0.15) is 11.2 Å². The van der Waals surface area contributed by atoms with Gasteiger partial charge in [0.15, 0.2) is 11.5 Å². The lowest BCUT2D eigenvalue weighted by Gasteiger charge is -2.29. The smallest absolute Gasteiger partial charge is 0.246 e. The highest BCUT2D eigenvalue weighted by molar-refractivity contribution is 5.93. The van der Waals surface area contributed by atoms with Gasteiger partial charge in [-0.1, -0.05) is 30.3 Å². The molecule has 36 heavy (non-hydrogen) atoms. The minimum atomic E-state index is -0.00406. The number of hydrogen-bond acceptors (Lipinski definition) is 5. The quantitative estimate of drug-likeness (QED) is 0.314. The van der Waals surface area contributed by atoms with Crippen LogP contribution in [0.5, 0.6) is 0 Å². The third kappa shape index (κ3) is 4.43. The third-order valence-electron chi connectivity index (χ3n) is 6.57. The van der Waals surface area contributed by atoms with Crippen molar-refractivity contribution < 1.29 is 9.21 Å². The maximum Gasteiger partial charge on any atom is 0.246 e. The number of oxazole rings is 1. The van der Waals surface area contributed by atoms with E-state index in [-0.39, 0.29) is 11.8 Å². The van der Waals surface area contributed by atoms with Crippen LogP contribution in [0.1, 0.15) is 30.2 Å². The molecule has 0 unspecified atom stereocenters. The molecule has 1 amide bonds. The van der Waals surface area contributed by atoms with Gasteiger partial charge >= 0.3 is 0 Å². The van der Waals surface area contributed by atoms with Gasteiger partial charge in [-0.25, -0.2) is 9.67 Å². The predicted molar refractivity (Wildman–Crippen MR) is 138 cm³/mol. The standard InChI is InChI=1S/C29H25N5O2/c35-27(33-17-14-21(15-18-33)29-31-25-10-4-5-11-26(25)36-29)13-12-23-20-34(24-8-2-1-3-9-24)32-28(23)22-7-6-16-30-19-22/h1-13,16,19-21H,14-15,17-18H2/b13-12+. The number of rotatable bonds is 5. The van der Waals surface area contributed by atoms with Crippen molar-refractivity contribution >= 4 is 23.1 Å². The summed E-state index contributed by atoms with van der Waals surface area (Å²) >= 11 is 0. The number of carbonyl (C=O) groups is 1. The fourth-order valence-electron chi connectivity index (χ4n) is 4.63. The molecule has 0 spiro atoms. The first-order valence-electron chi connectivity index (χ1n) is 12.1. The van der Waals surface area contributed by atoms with Crippen molar-refractivity contribution in [3.8, 4) is 16.9 Å². The van der Waals surface area contributed by atoms with Crippen LogP contribution in [0.3, 0.4) is 0 Å². The Labute approximate surface area is 208 Å². The Hall–Kier alpha value is -4.52. The van der Waals surface area contributed by atoms with Crippen molar-refractivity contribution in [1.29, 1.82) is 0 Å². The predicted octanol–water partition coefficient (Wildman–Crippen LogP) is 5.49. The first kappa shape index (κ1) is 22.0. The van der Waals surface area contributed by atoms with Crippen LogP contribution in [0.15, 0.2) is 95.8 Å². The van der Waals surface area contributed by atoms with Gasteiger partial charge in [0.2, 0.25) is 5.91 Å². The second-order valence-corrected chi connectivity index (χ2v) is 8.91. The van der Waals surface area contributed by atoms with E-state index in [9.17, 15) is 4.79 Å². The summed E-state index contributed by atoms with van der Waals surface area (Å²) in [6, 6.07) is 21.6. The van der Waals surface area contributed by atoms with Gasteiger partial charge in [-0.2, -0.15) is 5.10 Å². The minimum Gasteiger partial charge on any atom is -0.440 e. The zero-order valence-corrected chi connectivity index (χ0v) is 19.7. The van der Waals surface area contributed by atoms with E-state index in [4.69, 9.17) is 9.52 Å². The van der Waals surface area contributed by atoms with Crippen LogP contribution in [0.4, 0.5) is 0 Å². The minimum absolute atomic E-state index is 0.00406. The van der Waals surface area contributed by atoms with Crippen LogP contribution in [-0.2, 0) is 4.79 Å². The van der Waals surface area contributed by atoms with Crippen LogP contribution in [0, 0.1) is 0 Å². The van der Waals surface area contributed by atoms with Crippen molar-refractivity contribution in [3.05, 3.63) is 103 Å². The highest BCUT2D eigenvalue weighted by Crippen LogP contribution is 2.30. The van der Waals surface area contributed by atoms with Crippen molar-refractivity contribution in [2.45, 2.75) is 18.8 Å². The summed E-state index contributed by atoms with van der Waals surface area (Å²) in [5.41, 5.74) is 5.20. The van der Waals surface area contributed by atoms with Gasteiger partial charge in [-0.3, -0.25) is 9.78 Å². The van der Waals surface area contributed by atoms with Crippen LogP contribution < -0.4 is 0 Å². The van der Waals surface area contributed by atoms with Gasteiger partial charge in [0, 0.05) is 54.8 Å². The second-order valence-electron chi connectivity index (χ2n) is 8.91. The zero-order chi connectivity index (χ0) is 24.3. The molecular weight excluding hydrogens is 450 g/mol. The molecule has 7 nitrogen and oxygen atoms in total. The molecule has 0 atom stereocenters. The summed E-state index contributed by atoms with van der Waals surface area (Å²) in [6.45, 7) is 1.34. The van der Waals surface area contributed by atoms with Crippen molar-refractivity contribution in [3.63, 3.8) is 0 Å². The Morgan fingerprint density at radius 3 is 2.56 bits per heavy atom. The lowest BCUT2D eigenvalue weighted by Crippen LogP contribution is -2.36. The molecule has 7 heteroatoms. The number of likely N-dealkylation sites (tertiary alicyclic amines) is 1. The molecule has 178 valence electrons. The number of piperidine rings is 1. The summed E-state index contributed by atoms with van der Waals surface area (Å²) < 4.78 is 7.79. The Bertz CT molecular complexity index is 1480. The number of fused-ring (bicyclic) bond motifs is 1. The largest absolute Gasteiger partial charge is 0.440 e. The van der Waals surface area contributed by atoms with E-state index < -0.39 is 0 Å². The Morgan fingerprint density at radius 2 is 1.78 bits per heavy atom. The van der Waals surface area contributed by atoms with Crippen LogP contribution in [0.25, 0.3) is 34.1 Å². The van der Waals surface area contributed by atoms with E-state index in [1.165, 1.54) is 0 Å². The molecule has 0 radical (unpaired) electrons. The zero-order valence-electron chi connectivity index (χ0n) is 19.7. The molecule has 1 aliphatic heterocycles. The van der Waals surface area contributed by atoms with Crippen LogP contribution in [-0.4, -0.2) is 43.6 Å². The molecular formula is C29H25N5O2. The van der Waals surface area contributed by atoms with Crippen LogP contribution in [0.2, 0.25) is 0 Å². The highest BCUT2D eigenvalue weighted by atomic mass is 16.3. The summed E-state index contributed by atoms with van der Waals surface area (Å²) in [7, 11) is 0. The summed E-state index contributed by atoms with van der Waals surface area (Å²) in [5, 5.41) is 4.79. The van der Waals surface area contributed by atoms with Crippen molar-refractivity contribution in [1.82, 2.24) is 24.6 Å². The number of pyridine rings is 1. The molecule has 1 aliphatic rings. The maximum absolute atomic E-state index is 13.0. The lowest BCUT2D eigenvalue weighted by molar-refractivity contribution is -0.127. The molecule has 3 aromatic heterocycles. The number of nitrogens with zero attached hydrogens (tertiary/aromatic N) is 5. The molecule has 0 N–H and O–H groups in total. The van der Waals surface area contributed by atoms with Gasteiger partial charge in [0.25, 0.3) is 0 Å². The van der Waals surface area contributed by atoms with Crippen molar-refractivity contribution in [2.24, 2.45) is 0 Å². The summed E-state index contributed by atoms with van der Waals surface area (Å²) in [4.78, 5) is 23.8. The Kier molecular flexibility index (Phi) is 5.87. The normalized spacial score (nSPS) is 14.6. The number of amides is 1. The average molecular weight is 476 g/mol. The fraction of sp³-hybridized carbons (Fsp3) is 0.172. The Morgan fingerprint density at radius 1 is 0.972 bits per heavy atom. The summed E-state index contributed by atoms with van der Waals surface area (Å²) in [6.07, 6.45) is 10.6. The molecule has 0 bridgehead atoms. The number of carbonyl (C=O) groups excluding carboxylic acids is 1. The molecule has 0 aliphatic carbocycles. The fourth-order valence-corrected chi connectivity index (χ4v) is 4.63. The Balaban J connectivity index is 1.18. The van der Waals surface area contributed by atoms with Gasteiger partial charge in [-0.15, -0.1) is 0 Å². The topological polar surface area (TPSA) is 77.1 Å².